The van der Waals surface area contributed by atoms with E-state index in [1.54, 1.807) is 13.2 Å². The molecule has 2 aromatic carbocycles. The molecule has 1 heterocycles. The topological polar surface area (TPSA) is 79.4 Å². The Labute approximate surface area is 151 Å². The van der Waals surface area contributed by atoms with E-state index in [4.69, 9.17) is 4.74 Å². The maximum atomic E-state index is 12.3. The fraction of sp³-hybridized carbons (Fsp3) is 0.150. The molecule has 0 aliphatic rings. The number of benzene rings is 2. The fourth-order valence-corrected chi connectivity index (χ4v) is 2.49. The molecule has 0 fully saturated rings. The number of carbonyl (C=O) groups is 1. The van der Waals surface area contributed by atoms with Gasteiger partial charge in [0, 0.05) is 5.56 Å². The molecule has 0 saturated heterocycles. The van der Waals surface area contributed by atoms with Crippen LogP contribution in [0.1, 0.15) is 28.5 Å². The molecule has 0 saturated carbocycles. The fourth-order valence-electron chi connectivity index (χ4n) is 2.49. The number of nitrogens with zero attached hydrogens (tertiary/aromatic N) is 2. The van der Waals surface area contributed by atoms with Crippen molar-refractivity contribution >= 4 is 11.6 Å². The number of amides is 1. The molecule has 3 rings (SSSR count). The van der Waals surface area contributed by atoms with Gasteiger partial charge in [-0.05, 0) is 37.6 Å². The Morgan fingerprint density at radius 2 is 1.88 bits per heavy atom. The van der Waals surface area contributed by atoms with Gasteiger partial charge in [0.1, 0.15) is 11.4 Å². The highest BCUT2D eigenvalue weighted by atomic mass is 16.5. The minimum atomic E-state index is -0.356. The van der Waals surface area contributed by atoms with Crippen LogP contribution in [0.15, 0.2) is 59.7 Å². The molecular formula is C20H20N4O2. The number of aromatic nitrogens is 2. The van der Waals surface area contributed by atoms with Crippen molar-refractivity contribution in [1.82, 2.24) is 15.6 Å². The highest BCUT2D eigenvalue weighted by Crippen LogP contribution is 2.28. The molecule has 1 amide bonds. The smallest absolute Gasteiger partial charge is 0.289 e. The van der Waals surface area contributed by atoms with E-state index in [1.807, 2.05) is 62.4 Å². The van der Waals surface area contributed by atoms with Gasteiger partial charge >= 0.3 is 0 Å². The molecule has 0 aliphatic heterocycles. The number of ether oxygens (including phenoxy) is 1. The number of aromatic amines is 1. The van der Waals surface area contributed by atoms with Crippen LogP contribution in [-0.2, 0) is 0 Å². The summed E-state index contributed by atoms with van der Waals surface area (Å²) in [6, 6.07) is 17.1. The van der Waals surface area contributed by atoms with Crippen molar-refractivity contribution in [1.29, 1.82) is 0 Å². The average molecular weight is 348 g/mol. The third kappa shape index (κ3) is 3.80. The molecule has 0 unspecified atom stereocenters. The van der Waals surface area contributed by atoms with Gasteiger partial charge in [-0.1, -0.05) is 42.0 Å². The number of carbonyl (C=O) groups excluding carboxylic acids is 1. The van der Waals surface area contributed by atoms with E-state index in [9.17, 15) is 4.79 Å². The monoisotopic (exact) mass is 348 g/mol. The summed E-state index contributed by atoms with van der Waals surface area (Å²) in [5.41, 5.74) is 7.17. The largest absolute Gasteiger partial charge is 0.496 e. The number of hydrogen-bond acceptors (Lipinski definition) is 4. The van der Waals surface area contributed by atoms with Crippen LogP contribution in [-0.4, -0.2) is 28.9 Å². The third-order valence-electron chi connectivity index (χ3n) is 4.00. The van der Waals surface area contributed by atoms with Crippen molar-refractivity contribution in [2.75, 3.05) is 7.11 Å². The van der Waals surface area contributed by atoms with Gasteiger partial charge in [0.05, 0.1) is 18.5 Å². The predicted octanol–water partition coefficient (Wildman–Crippen LogP) is 3.55. The predicted molar refractivity (Wildman–Crippen MR) is 101 cm³/mol. The Morgan fingerprint density at radius 1 is 1.15 bits per heavy atom. The summed E-state index contributed by atoms with van der Waals surface area (Å²) >= 11 is 0. The summed E-state index contributed by atoms with van der Waals surface area (Å²) in [5, 5.41) is 11.1. The van der Waals surface area contributed by atoms with Crippen LogP contribution in [0.4, 0.5) is 0 Å². The SMILES string of the molecule is COc1ccccc1-c1cc(C(=O)N/N=C(/C)c2ccc(C)cc2)[nH]n1. The van der Waals surface area contributed by atoms with E-state index in [2.05, 4.69) is 20.7 Å². The number of methoxy groups -OCH3 is 1. The molecular weight excluding hydrogens is 328 g/mol. The summed E-state index contributed by atoms with van der Waals surface area (Å²) in [5.74, 6) is 0.337. The highest BCUT2D eigenvalue weighted by molar-refractivity contribution is 6.00. The van der Waals surface area contributed by atoms with Crippen molar-refractivity contribution in [2.24, 2.45) is 5.10 Å². The molecule has 0 bridgehead atoms. The Kier molecular flexibility index (Phi) is 5.12. The number of hydrogen-bond donors (Lipinski definition) is 2. The minimum Gasteiger partial charge on any atom is -0.496 e. The van der Waals surface area contributed by atoms with Crippen LogP contribution < -0.4 is 10.2 Å². The summed E-state index contributed by atoms with van der Waals surface area (Å²) < 4.78 is 5.33. The van der Waals surface area contributed by atoms with Gasteiger partial charge in [0.2, 0.25) is 0 Å². The van der Waals surface area contributed by atoms with Gasteiger partial charge < -0.3 is 4.74 Å². The van der Waals surface area contributed by atoms with E-state index >= 15 is 0 Å². The van der Waals surface area contributed by atoms with E-state index < -0.39 is 0 Å². The normalized spacial score (nSPS) is 11.3. The van der Waals surface area contributed by atoms with Gasteiger partial charge in [0.25, 0.3) is 5.91 Å². The summed E-state index contributed by atoms with van der Waals surface area (Å²) in [4.78, 5) is 12.3. The quantitative estimate of drug-likeness (QED) is 0.547. The molecule has 0 atom stereocenters. The summed E-state index contributed by atoms with van der Waals surface area (Å²) in [7, 11) is 1.60. The van der Waals surface area contributed by atoms with Crippen molar-refractivity contribution < 1.29 is 9.53 Å². The molecule has 0 aliphatic carbocycles. The first kappa shape index (κ1) is 17.4. The van der Waals surface area contributed by atoms with Crippen molar-refractivity contribution in [3.63, 3.8) is 0 Å². The van der Waals surface area contributed by atoms with Gasteiger partial charge in [-0.25, -0.2) is 5.43 Å². The molecule has 3 aromatic rings. The number of rotatable bonds is 5. The van der Waals surface area contributed by atoms with Gasteiger partial charge in [-0.15, -0.1) is 0 Å². The summed E-state index contributed by atoms with van der Waals surface area (Å²) in [6.45, 7) is 3.87. The van der Waals surface area contributed by atoms with Gasteiger partial charge in [-0.3, -0.25) is 9.89 Å². The number of hydrazone groups is 1. The molecule has 0 radical (unpaired) electrons. The molecule has 1 aromatic heterocycles. The zero-order valence-electron chi connectivity index (χ0n) is 14.9. The molecule has 2 N–H and O–H groups in total. The zero-order valence-corrected chi connectivity index (χ0v) is 14.9. The lowest BCUT2D eigenvalue weighted by Crippen LogP contribution is -2.19. The second kappa shape index (κ2) is 7.65. The van der Waals surface area contributed by atoms with E-state index in [0.29, 0.717) is 17.1 Å². The van der Waals surface area contributed by atoms with E-state index in [-0.39, 0.29) is 5.91 Å². The number of nitrogens with one attached hydrogen (secondary N) is 2. The lowest BCUT2D eigenvalue weighted by atomic mass is 10.1. The van der Waals surface area contributed by atoms with Crippen LogP contribution in [0.5, 0.6) is 5.75 Å². The third-order valence-corrected chi connectivity index (χ3v) is 4.00. The maximum Gasteiger partial charge on any atom is 0.289 e. The minimum absolute atomic E-state index is 0.325. The molecule has 0 spiro atoms. The first-order chi connectivity index (χ1) is 12.6. The molecule has 26 heavy (non-hydrogen) atoms. The Bertz CT molecular complexity index is 942. The average Bonchev–Trinajstić information content (AvgIpc) is 3.16. The van der Waals surface area contributed by atoms with Crippen molar-refractivity contribution in [3.05, 3.63) is 71.4 Å². The Balaban J connectivity index is 1.74. The van der Waals surface area contributed by atoms with E-state index in [0.717, 1.165) is 16.8 Å². The summed E-state index contributed by atoms with van der Waals surface area (Å²) in [6.07, 6.45) is 0. The zero-order chi connectivity index (χ0) is 18.5. The first-order valence-corrected chi connectivity index (χ1v) is 8.19. The van der Waals surface area contributed by atoms with E-state index in [1.165, 1.54) is 5.56 Å². The van der Waals surface area contributed by atoms with Crippen LogP contribution in [0.2, 0.25) is 0 Å². The van der Waals surface area contributed by atoms with Crippen LogP contribution in [0.3, 0.4) is 0 Å². The standard InChI is InChI=1S/C20H20N4O2/c1-13-8-10-15(11-9-13)14(2)21-24-20(25)18-12-17(22-23-18)16-6-4-5-7-19(16)26-3/h4-12H,1-3H3,(H,22,23)(H,24,25)/b21-14-. The first-order valence-electron chi connectivity index (χ1n) is 8.19. The molecule has 6 nitrogen and oxygen atoms in total. The molecule has 132 valence electrons. The van der Waals surface area contributed by atoms with Gasteiger partial charge in [0.15, 0.2) is 0 Å². The van der Waals surface area contributed by atoms with Crippen LogP contribution in [0, 0.1) is 6.92 Å². The van der Waals surface area contributed by atoms with Crippen molar-refractivity contribution in [2.45, 2.75) is 13.8 Å². The Morgan fingerprint density at radius 3 is 2.62 bits per heavy atom. The number of para-hydroxylation sites is 1. The van der Waals surface area contributed by atoms with Crippen molar-refractivity contribution in [3.8, 4) is 17.0 Å². The highest BCUT2D eigenvalue weighted by Gasteiger charge is 2.13. The second-order valence-electron chi connectivity index (χ2n) is 5.87. The molecule has 6 heteroatoms. The Hall–Kier alpha value is -3.41. The lowest BCUT2D eigenvalue weighted by molar-refractivity contribution is 0.0950. The van der Waals surface area contributed by atoms with Crippen LogP contribution >= 0.6 is 0 Å². The second-order valence-corrected chi connectivity index (χ2v) is 5.87. The number of aryl methyl sites for hydroxylation is 1. The number of H-pyrrole nitrogens is 1. The maximum absolute atomic E-state index is 12.3. The van der Waals surface area contributed by atoms with Gasteiger partial charge in [-0.2, -0.15) is 10.2 Å². The van der Waals surface area contributed by atoms with Crippen LogP contribution in [0.25, 0.3) is 11.3 Å². The lowest BCUT2D eigenvalue weighted by Gasteiger charge is -2.04.